The summed E-state index contributed by atoms with van der Waals surface area (Å²) >= 11 is 0. The summed E-state index contributed by atoms with van der Waals surface area (Å²) in [7, 11) is 0. The van der Waals surface area contributed by atoms with Crippen LogP contribution in [0.4, 0.5) is 5.82 Å². The monoisotopic (exact) mass is 219 g/mol. The lowest BCUT2D eigenvalue weighted by Crippen LogP contribution is -2.30. The summed E-state index contributed by atoms with van der Waals surface area (Å²) in [4.78, 5) is 15.2. The van der Waals surface area contributed by atoms with Gasteiger partial charge in [-0.1, -0.05) is 6.07 Å². The van der Waals surface area contributed by atoms with Crippen molar-refractivity contribution in [3.8, 4) is 0 Å². The van der Waals surface area contributed by atoms with Crippen molar-refractivity contribution in [1.29, 1.82) is 0 Å². The van der Waals surface area contributed by atoms with Crippen LogP contribution >= 0.6 is 0 Å². The Labute approximate surface area is 92.9 Å². The van der Waals surface area contributed by atoms with Crippen LogP contribution in [-0.4, -0.2) is 17.6 Å². The van der Waals surface area contributed by atoms with Crippen LogP contribution < -0.4 is 16.7 Å². The minimum Gasteiger partial charge on any atom is -0.322 e. The molecule has 16 heavy (non-hydrogen) atoms. The largest absolute Gasteiger partial charge is 0.322 e. The predicted octanol–water partition coefficient (Wildman–Crippen LogP) is -0.108. The zero-order valence-corrected chi connectivity index (χ0v) is 8.71. The number of aromatic nitrogens is 1. The summed E-state index contributed by atoms with van der Waals surface area (Å²) in [6.07, 6.45) is 3.88. The molecule has 1 atom stereocenters. The topological polar surface area (TPSA) is 97.6 Å². The third-order valence-electron chi connectivity index (χ3n) is 2.71. The molecule has 1 aromatic heterocycles. The summed E-state index contributed by atoms with van der Waals surface area (Å²) in [6.45, 7) is 0. The number of anilines is 1. The van der Waals surface area contributed by atoms with Crippen molar-refractivity contribution in [1.82, 2.24) is 4.98 Å². The maximum Gasteiger partial charge on any atom is 0.148 e. The first kappa shape index (κ1) is 10.6. The van der Waals surface area contributed by atoms with Gasteiger partial charge in [0.25, 0.3) is 0 Å². The number of aryl methyl sites for hydroxylation is 1. The molecule has 0 saturated carbocycles. The quantitative estimate of drug-likeness (QED) is 0.243. The van der Waals surface area contributed by atoms with Crippen LogP contribution in [-0.2, 0) is 11.2 Å². The number of pyridine rings is 1. The number of fused-ring (bicyclic) bond motifs is 1. The Hall–Kier alpha value is -1.95. The van der Waals surface area contributed by atoms with Gasteiger partial charge in [0.05, 0.1) is 0 Å². The van der Waals surface area contributed by atoms with Gasteiger partial charge in [-0.05, 0) is 24.5 Å². The standard InChI is InChI=1S/C10H13N5O/c11-13-6-15(12)10-4-2-8-7(5-16)1-3-9(8)14-10/h2,4-7H,1,3,11-12H2/b13-6-. The van der Waals surface area contributed by atoms with E-state index in [4.69, 9.17) is 11.7 Å². The number of carbonyl (C=O) groups is 1. The minimum atomic E-state index is -0.0223. The maximum atomic E-state index is 10.8. The first-order valence-corrected chi connectivity index (χ1v) is 4.98. The van der Waals surface area contributed by atoms with Crippen molar-refractivity contribution in [2.24, 2.45) is 16.8 Å². The Kier molecular flexibility index (Phi) is 2.82. The first-order chi connectivity index (χ1) is 7.76. The van der Waals surface area contributed by atoms with Crippen molar-refractivity contribution in [3.05, 3.63) is 23.4 Å². The molecule has 84 valence electrons. The molecule has 0 bridgehead atoms. The highest BCUT2D eigenvalue weighted by molar-refractivity contribution is 5.75. The van der Waals surface area contributed by atoms with Gasteiger partial charge >= 0.3 is 0 Å². The lowest BCUT2D eigenvalue weighted by molar-refractivity contribution is -0.109. The molecule has 1 aromatic rings. The van der Waals surface area contributed by atoms with E-state index in [2.05, 4.69) is 10.1 Å². The highest BCUT2D eigenvalue weighted by Gasteiger charge is 2.23. The first-order valence-electron chi connectivity index (χ1n) is 4.98. The molecule has 0 amide bonds. The molecule has 1 aliphatic rings. The van der Waals surface area contributed by atoms with Crippen LogP contribution in [0.1, 0.15) is 23.6 Å². The van der Waals surface area contributed by atoms with Gasteiger partial charge in [0.15, 0.2) is 0 Å². The van der Waals surface area contributed by atoms with Crippen LogP contribution in [0.2, 0.25) is 0 Å². The highest BCUT2D eigenvalue weighted by atomic mass is 16.1. The predicted molar refractivity (Wildman–Crippen MR) is 60.7 cm³/mol. The van der Waals surface area contributed by atoms with E-state index >= 15 is 0 Å². The summed E-state index contributed by atoms with van der Waals surface area (Å²) in [6, 6.07) is 3.64. The SMILES string of the molecule is N/N=C\N(N)c1ccc2c(n1)CCC2C=O. The van der Waals surface area contributed by atoms with Gasteiger partial charge in [-0.3, -0.25) is 0 Å². The number of nitrogens with zero attached hydrogens (tertiary/aromatic N) is 3. The van der Waals surface area contributed by atoms with E-state index in [9.17, 15) is 4.79 Å². The fourth-order valence-electron chi connectivity index (χ4n) is 1.90. The van der Waals surface area contributed by atoms with E-state index in [-0.39, 0.29) is 5.92 Å². The second-order valence-electron chi connectivity index (χ2n) is 3.66. The van der Waals surface area contributed by atoms with Crippen molar-refractivity contribution >= 4 is 18.4 Å². The van der Waals surface area contributed by atoms with Gasteiger partial charge in [0, 0.05) is 11.6 Å². The lowest BCUT2D eigenvalue weighted by atomic mass is 10.1. The van der Waals surface area contributed by atoms with Crippen molar-refractivity contribution < 1.29 is 4.79 Å². The Bertz CT molecular complexity index is 431. The molecule has 6 heteroatoms. The van der Waals surface area contributed by atoms with E-state index in [1.165, 1.54) is 11.3 Å². The van der Waals surface area contributed by atoms with Crippen molar-refractivity contribution in [2.45, 2.75) is 18.8 Å². The molecule has 0 spiro atoms. The Morgan fingerprint density at radius 2 is 2.38 bits per heavy atom. The number of rotatable bonds is 3. The molecular formula is C10H13N5O. The van der Waals surface area contributed by atoms with E-state index in [0.717, 1.165) is 30.4 Å². The van der Waals surface area contributed by atoms with E-state index in [0.29, 0.717) is 5.82 Å². The van der Waals surface area contributed by atoms with Crippen LogP contribution in [0.3, 0.4) is 0 Å². The fraction of sp³-hybridized carbons (Fsp3) is 0.300. The van der Waals surface area contributed by atoms with Gasteiger partial charge in [-0.2, -0.15) is 5.10 Å². The average molecular weight is 219 g/mol. The van der Waals surface area contributed by atoms with E-state index < -0.39 is 0 Å². The second kappa shape index (κ2) is 4.28. The molecule has 1 unspecified atom stereocenters. The van der Waals surface area contributed by atoms with E-state index in [1.807, 2.05) is 6.07 Å². The number of hydrogen-bond donors (Lipinski definition) is 2. The third kappa shape index (κ3) is 1.74. The summed E-state index contributed by atoms with van der Waals surface area (Å²) in [5.74, 6) is 11.2. The Morgan fingerprint density at radius 1 is 1.56 bits per heavy atom. The zero-order valence-electron chi connectivity index (χ0n) is 8.71. The number of aldehydes is 1. The lowest BCUT2D eigenvalue weighted by Gasteiger charge is -2.12. The number of hydrazine groups is 1. The number of hydrogen-bond acceptors (Lipinski definition) is 5. The summed E-state index contributed by atoms with van der Waals surface area (Å²) in [5.41, 5.74) is 1.92. The maximum absolute atomic E-state index is 10.8. The summed E-state index contributed by atoms with van der Waals surface area (Å²) < 4.78 is 0. The van der Waals surface area contributed by atoms with Crippen LogP contribution in [0.15, 0.2) is 17.2 Å². The normalized spacial score (nSPS) is 18.7. The third-order valence-corrected chi connectivity index (χ3v) is 2.71. The smallest absolute Gasteiger partial charge is 0.148 e. The van der Waals surface area contributed by atoms with Gasteiger partial charge in [0.2, 0.25) is 0 Å². The molecule has 0 aliphatic heterocycles. The Balaban J connectivity index is 2.31. The van der Waals surface area contributed by atoms with Gasteiger partial charge in [-0.25, -0.2) is 15.8 Å². The van der Waals surface area contributed by atoms with Gasteiger partial charge < -0.3 is 10.6 Å². The molecule has 0 radical (unpaired) electrons. The minimum absolute atomic E-state index is 0.0223. The molecule has 6 nitrogen and oxygen atoms in total. The zero-order chi connectivity index (χ0) is 11.5. The molecule has 1 aliphatic carbocycles. The van der Waals surface area contributed by atoms with Crippen molar-refractivity contribution in [3.63, 3.8) is 0 Å². The highest BCUT2D eigenvalue weighted by Crippen LogP contribution is 2.31. The van der Waals surface area contributed by atoms with Crippen LogP contribution in [0, 0.1) is 0 Å². The van der Waals surface area contributed by atoms with Gasteiger partial charge in [-0.15, -0.1) is 0 Å². The summed E-state index contributed by atoms with van der Waals surface area (Å²) in [5, 5.41) is 4.56. The molecule has 1 heterocycles. The van der Waals surface area contributed by atoms with Crippen LogP contribution in [0.25, 0.3) is 0 Å². The molecule has 0 saturated heterocycles. The van der Waals surface area contributed by atoms with Crippen LogP contribution in [0.5, 0.6) is 0 Å². The molecular weight excluding hydrogens is 206 g/mol. The van der Waals surface area contributed by atoms with Crippen molar-refractivity contribution in [2.75, 3.05) is 5.01 Å². The van der Waals surface area contributed by atoms with E-state index in [1.54, 1.807) is 6.07 Å². The number of carbonyl (C=O) groups excluding carboxylic acids is 1. The molecule has 2 rings (SSSR count). The second-order valence-corrected chi connectivity index (χ2v) is 3.66. The average Bonchev–Trinajstić information content (AvgIpc) is 2.71. The fourth-order valence-corrected chi connectivity index (χ4v) is 1.90. The molecule has 0 fully saturated rings. The van der Waals surface area contributed by atoms with Gasteiger partial charge in [0.1, 0.15) is 18.4 Å². The molecule has 4 N–H and O–H groups in total. The Morgan fingerprint density at radius 3 is 3.06 bits per heavy atom. The number of hydrazone groups is 1. The molecule has 0 aromatic carbocycles. The number of nitrogens with two attached hydrogens (primary N) is 2.